The van der Waals surface area contributed by atoms with Gasteiger partial charge in [-0.05, 0) is 46.5 Å². The summed E-state index contributed by atoms with van der Waals surface area (Å²) in [6.45, 7) is 9.36. The Morgan fingerprint density at radius 2 is 0.721 bits per heavy atom. The van der Waals surface area contributed by atoms with E-state index in [2.05, 4.69) is 156 Å². The van der Waals surface area contributed by atoms with Crippen molar-refractivity contribution in [3.63, 3.8) is 0 Å². The summed E-state index contributed by atoms with van der Waals surface area (Å²) in [5, 5.41) is 8.63. The second-order valence-electron chi connectivity index (χ2n) is 12.0. The summed E-state index contributed by atoms with van der Waals surface area (Å²) in [4.78, 5) is 0. The quantitative estimate of drug-likeness (QED) is 0.151. The summed E-state index contributed by atoms with van der Waals surface area (Å²) in [5.41, 5.74) is 16.0. The van der Waals surface area contributed by atoms with Crippen LogP contribution in [0.5, 0.6) is 0 Å². The van der Waals surface area contributed by atoms with E-state index in [1.807, 2.05) is 36.4 Å². The van der Waals surface area contributed by atoms with Gasteiger partial charge in [-0.3, -0.25) is 0 Å². The minimum atomic E-state index is -1.62. The first-order chi connectivity index (χ1) is 20.7. The molecule has 0 aliphatic heterocycles. The molecule has 0 saturated heterocycles. The largest absolute Gasteiger partial charge is 0.416 e. The van der Waals surface area contributed by atoms with Gasteiger partial charge in [0.1, 0.15) is 0 Å². The average molecular weight is 595 g/mol. The molecule has 0 bridgehead atoms. The van der Waals surface area contributed by atoms with E-state index >= 15 is 0 Å². The second kappa shape index (κ2) is 13.6. The van der Waals surface area contributed by atoms with Crippen LogP contribution in [0.15, 0.2) is 136 Å². The molecule has 0 spiro atoms. The van der Waals surface area contributed by atoms with Gasteiger partial charge in [0.2, 0.25) is 11.8 Å². The number of aromatic nitrogens is 2. The highest BCUT2D eigenvalue weighted by Crippen LogP contribution is 2.25. The van der Waals surface area contributed by atoms with E-state index in [0.717, 1.165) is 22.3 Å². The van der Waals surface area contributed by atoms with Crippen molar-refractivity contribution in [2.75, 3.05) is 0 Å². The van der Waals surface area contributed by atoms with Gasteiger partial charge in [-0.15, -0.1) is 10.2 Å². The number of hydrogen-bond donors (Lipinski definition) is 0. The Morgan fingerprint density at radius 3 is 1.05 bits per heavy atom. The molecular weight excluding hydrogens is 557 g/mol. The summed E-state index contributed by atoms with van der Waals surface area (Å²) in [6, 6.07) is 37.5. The van der Waals surface area contributed by atoms with E-state index in [1.165, 1.54) is 11.1 Å². The molecule has 43 heavy (non-hydrogen) atoms. The zero-order chi connectivity index (χ0) is 30.1. The van der Waals surface area contributed by atoms with Crippen molar-refractivity contribution >= 4 is 40.5 Å². The van der Waals surface area contributed by atoms with Crippen LogP contribution in [-0.4, -0.2) is 26.3 Å². The minimum absolute atomic E-state index is 0.521. The number of hydrogen-bond acceptors (Lipinski definition) is 3. The Morgan fingerprint density at radius 1 is 0.419 bits per heavy atom. The molecule has 0 N–H and O–H groups in total. The van der Waals surface area contributed by atoms with Gasteiger partial charge in [0.15, 0.2) is 0 Å². The molecule has 0 saturated carbocycles. The molecule has 1 aromatic heterocycles. The van der Waals surface area contributed by atoms with Crippen LogP contribution in [0.2, 0.25) is 26.2 Å². The maximum Gasteiger partial charge on any atom is 0.248 e. The monoisotopic (exact) mass is 594 g/mol. The molecule has 0 aliphatic rings. The molecule has 4 aromatic carbocycles. The molecule has 1 heterocycles. The number of benzene rings is 4. The third kappa shape index (κ3) is 8.95. The predicted molar refractivity (Wildman–Crippen MR) is 189 cm³/mol. The molecule has 0 atom stereocenters. The molecule has 0 aliphatic carbocycles. The van der Waals surface area contributed by atoms with Gasteiger partial charge in [0, 0.05) is 11.1 Å². The second-order valence-corrected chi connectivity index (χ2v) is 20.6. The topological polar surface area (TPSA) is 38.9 Å². The van der Waals surface area contributed by atoms with Gasteiger partial charge in [0.25, 0.3) is 0 Å². The van der Waals surface area contributed by atoms with Crippen molar-refractivity contribution in [1.29, 1.82) is 0 Å². The number of nitrogens with zero attached hydrogens (tertiary/aromatic N) is 2. The summed E-state index contributed by atoms with van der Waals surface area (Å²) >= 11 is 0. The fourth-order valence-corrected chi connectivity index (χ4v) is 7.12. The summed E-state index contributed by atoms with van der Waals surface area (Å²) in [5.74, 6) is 1.04. The van der Waals surface area contributed by atoms with Crippen molar-refractivity contribution in [2.24, 2.45) is 0 Å². The van der Waals surface area contributed by atoms with Crippen LogP contribution >= 0.6 is 0 Å². The first kappa shape index (κ1) is 29.9. The molecule has 0 amide bonds. The fraction of sp³-hybridized carbons (Fsp3) is 0.105. The summed E-state index contributed by atoms with van der Waals surface area (Å²) < 4.78 is 6.05. The third-order valence-electron chi connectivity index (χ3n) is 7.16. The maximum absolute atomic E-state index is 6.05. The molecule has 214 valence electrons. The van der Waals surface area contributed by atoms with Crippen LogP contribution in [0.25, 0.3) is 47.2 Å². The molecule has 3 nitrogen and oxygen atoms in total. The van der Waals surface area contributed by atoms with Crippen LogP contribution < -0.4 is 0 Å². The van der Waals surface area contributed by atoms with Crippen LogP contribution in [0.1, 0.15) is 22.3 Å². The first-order valence-corrected chi connectivity index (χ1v) is 21.0. The molecule has 5 aromatic rings. The van der Waals surface area contributed by atoms with Gasteiger partial charge in [-0.2, -0.15) is 0 Å². The van der Waals surface area contributed by atoms with E-state index in [4.69, 9.17) is 4.42 Å². The standard InChI is InChI=1S/C38H38N2OSi2/c1-42(2,27-23-31-11-7-5-8-12-31)29-25-33-15-19-35(20-16-33)37-39-40-38(41-37)36-21-17-34(18-22-36)26-30-43(3,4)28-24-32-13-9-6-10-14-32/h5-30H,1-4H3/b27-23+,28-24+,29-25+,30-26+. The van der Waals surface area contributed by atoms with Crippen molar-refractivity contribution < 1.29 is 4.42 Å². The van der Waals surface area contributed by atoms with Crippen molar-refractivity contribution in [3.8, 4) is 22.9 Å². The molecular formula is C38H38N2OSi2. The maximum atomic E-state index is 6.05. The molecule has 0 unspecified atom stereocenters. The zero-order valence-electron chi connectivity index (χ0n) is 25.3. The van der Waals surface area contributed by atoms with Crippen molar-refractivity contribution in [1.82, 2.24) is 10.2 Å². The highest BCUT2D eigenvalue weighted by atomic mass is 28.3. The van der Waals surface area contributed by atoms with E-state index in [1.54, 1.807) is 0 Å². The smallest absolute Gasteiger partial charge is 0.248 e. The third-order valence-corrected chi connectivity index (χ3v) is 11.3. The molecule has 0 fully saturated rings. The van der Waals surface area contributed by atoms with Gasteiger partial charge in [-0.25, -0.2) is 0 Å². The SMILES string of the molecule is C[Si](C)(/C=C/c1ccccc1)/C=C/c1ccc(-c2nnc(-c3ccc(/C=C/[Si](C)(C)/C=C/c4ccccc4)cc3)o2)cc1. The Kier molecular flexibility index (Phi) is 9.45. The molecule has 5 heteroatoms. The van der Waals surface area contributed by atoms with Crippen LogP contribution in [0.3, 0.4) is 0 Å². The Balaban J connectivity index is 1.20. The highest BCUT2D eigenvalue weighted by Gasteiger charge is 2.14. The van der Waals surface area contributed by atoms with Gasteiger partial charge >= 0.3 is 0 Å². The molecule has 5 rings (SSSR count). The number of rotatable bonds is 10. The minimum Gasteiger partial charge on any atom is -0.416 e. The van der Waals surface area contributed by atoms with Crippen molar-refractivity contribution in [2.45, 2.75) is 26.2 Å². The predicted octanol–water partition coefficient (Wildman–Crippen LogP) is 10.4. The van der Waals surface area contributed by atoms with Gasteiger partial charge in [-0.1, -0.05) is 158 Å². The lowest BCUT2D eigenvalue weighted by Crippen LogP contribution is -2.18. The van der Waals surface area contributed by atoms with Gasteiger partial charge in [0.05, 0.1) is 16.1 Å². The average Bonchev–Trinajstić information content (AvgIpc) is 3.53. The highest BCUT2D eigenvalue weighted by molar-refractivity contribution is 6.88. The van der Waals surface area contributed by atoms with Crippen LogP contribution in [0, 0.1) is 0 Å². The van der Waals surface area contributed by atoms with E-state index in [0.29, 0.717) is 11.8 Å². The Hall–Kier alpha value is -4.59. The van der Waals surface area contributed by atoms with Crippen LogP contribution in [0.4, 0.5) is 0 Å². The lowest BCUT2D eigenvalue weighted by molar-refractivity contribution is 0.584. The van der Waals surface area contributed by atoms with E-state index in [-0.39, 0.29) is 0 Å². The lowest BCUT2D eigenvalue weighted by atomic mass is 10.1. The fourth-order valence-electron chi connectivity index (χ4n) is 4.41. The molecule has 0 radical (unpaired) electrons. The zero-order valence-corrected chi connectivity index (χ0v) is 27.3. The van der Waals surface area contributed by atoms with Crippen LogP contribution in [-0.2, 0) is 0 Å². The lowest BCUT2D eigenvalue weighted by Gasteiger charge is -2.11. The van der Waals surface area contributed by atoms with E-state index in [9.17, 15) is 0 Å². The van der Waals surface area contributed by atoms with Gasteiger partial charge < -0.3 is 4.42 Å². The summed E-state index contributed by atoms with van der Waals surface area (Å²) in [6.07, 6.45) is 8.88. The summed E-state index contributed by atoms with van der Waals surface area (Å²) in [7, 11) is -3.25. The Bertz CT molecular complexity index is 1600. The normalized spacial score (nSPS) is 12.7. The van der Waals surface area contributed by atoms with E-state index < -0.39 is 16.1 Å². The van der Waals surface area contributed by atoms with Crippen molar-refractivity contribution in [3.05, 3.63) is 154 Å². The first-order valence-electron chi connectivity index (χ1n) is 14.7. The Labute approximate surface area is 257 Å².